The Labute approximate surface area is 117 Å². The molecule has 2 N–H and O–H groups in total. The van der Waals surface area contributed by atoms with E-state index in [2.05, 4.69) is 20.5 Å². The zero-order valence-corrected chi connectivity index (χ0v) is 11.1. The number of thiazole rings is 1. The van der Waals surface area contributed by atoms with Crippen LogP contribution in [0, 0.1) is 0 Å². The molecule has 0 atom stereocenters. The molecule has 2 heterocycles. The van der Waals surface area contributed by atoms with Gasteiger partial charge in [-0.3, -0.25) is 9.59 Å². The highest BCUT2D eigenvalue weighted by atomic mass is 32.1. The van der Waals surface area contributed by atoms with Crippen LogP contribution in [0.25, 0.3) is 10.8 Å². The van der Waals surface area contributed by atoms with Crippen molar-refractivity contribution in [3.05, 3.63) is 56.9 Å². The van der Waals surface area contributed by atoms with Crippen molar-refractivity contribution in [3.8, 4) is 0 Å². The van der Waals surface area contributed by atoms with Crippen LogP contribution in [-0.4, -0.2) is 21.1 Å². The van der Waals surface area contributed by atoms with Crippen LogP contribution >= 0.6 is 11.3 Å². The van der Waals surface area contributed by atoms with Crippen LogP contribution in [0.5, 0.6) is 0 Å². The second kappa shape index (κ2) is 5.22. The molecule has 1 aromatic carbocycles. The van der Waals surface area contributed by atoms with Crippen molar-refractivity contribution in [1.82, 2.24) is 20.5 Å². The SMILES string of the molecule is O=C(NCc1nccs1)c1n[nH]c(=O)c2ccccc12. The highest BCUT2D eigenvalue weighted by Gasteiger charge is 2.13. The molecule has 3 rings (SSSR count). The lowest BCUT2D eigenvalue weighted by molar-refractivity contribution is 0.0946. The number of hydrogen-bond acceptors (Lipinski definition) is 5. The quantitative estimate of drug-likeness (QED) is 0.760. The number of H-pyrrole nitrogens is 1. The number of fused-ring (bicyclic) bond motifs is 1. The summed E-state index contributed by atoms with van der Waals surface area (Å²) >= 11 is 1.46. The number of aromatic amines is 1. The average Bonchev–Trinajstić information content (AvgIpc) is 2.99. The summed E-state index contributed by atoms with van der Waals surface area (Å²) in [6.45, 7) is 0.339. The van der Waals surface area contributed by atoms with Gasteiger partial charge in [0.05, 0.1) is 11.9 Å². The zero-order valence-electron chi connectivity index (χ0n) is 10.3. The Kier molecular flexibility index (Phi) is 3.26. The van der Waals surface area contributed by atoms with Crippen molar-refractivity contribution in [1.29, 1.82) is 0 Å². The number of carbonyl (C=O) groups is 1. The third kappa shape index (κ3) is 2.30. The summed E-state index contributed by atoms with van der Waals surface area (Å²) in [6.07, 6.45) is 1.68. The molecule has 0 radical (unpaired) electrons. The number of benzene rings is 1. The van der Waals surface area contributed by atoms with E-state index in [4.69, 9.17) is 0 Å². The minimum atomic E-state index is -0.340. The van der Waals surface area contributed by atoms with E-state index >= 15 is 0 Å². The smallest absolute Gasteiger partial charge is 0.272 e. The molecule has 6 nitrogen and oxygen atoms in total. The maximum Gasteiger partial charge on any atom is 0.272 e. The second-order valence-corrected chi connectivity index (χ2v) is 5.03. The van der Waals surface area contributed by atoms with E-state index in [-0.39, 0.29) is 17.2 Å². The van der Waals surface area contributed by atoms with Gasteiger partial charge in [-0.1, -0.05) is 18.2 Å². The van der Waals surface area contributed by atoms with Gasteiger partial charge in [0.1, 0.15) is 5.01 Å². The lowest BCUT2D eigenvalue weighted by Crippen LogP contribution is -2.26. The monoisotopic (exact) mass is 286 g/mol. The van der Waals surface area contributed by atoms with E-state index in [1.807, 2.05) is 5.38 Å². The molecule has 0 aliphatic heterocycles. The summed E-state index contributed by atoms with van der Waals surface area (Å²) in [5.41, 5.74) is -0.103. The van der Waals surface area contributed by atoms with Crippen molar-refractivity contribution in [2.45, 2.75) is 6.54 Å². The summed E-state index contributed by atoms with van der Waals surface area (Å²) in [5, 5.41) is 12.6. The van der Waals surface area contributed by atoms with Crippen LogP contribution in [0.15, 0.2) is 40.6 Å². The van der Waals surface area contributed by atoms with E-state index in [1.54, 1.807) is 30.5 Å². The first-order chi connectivity index (χ1) is 9.75. The van der Waals surface area contributed by atoms with Crippen molar-refractivity contribution >= 4 is 28.0 Å². The van der Waals surface area contributed by atoms with Gasteiger partial charge in [0.15, 0.2) is 5.69 Å². The fraction of sp³-hybridized carbons (Fsp3) is 0.0769. The first kappa shape index (κ1) is 12.5. The third-order valence-electron chi connectivity index (χ3n) is 2.79. The number of rotatable bonds is 3. The largest absolute Gasteiger partial charge is 0.344 e. The highest BCUT2D eigenvalue weighted by Crippen LogP contribution is 2.12. The molecular weight excluding hydrogens is 276 g/mol. The third-order valence-corrected chi connectivity index (χ3v) is 3.57. The predicted octanol–water partition coefficient (Wildman–Crippen LogP) is 1.31. The number of nitrogens with one attached hydrogen (secondary N) is 2. The van der Waals surface area contributed by atoms with Gasteiger partial charge in [0.2, 0.25) is 0 Å². The molecule has 0 saturated heterocycles. The van der Waals surface area contributed by atoms with Gasteiger partial charge in [-0.15, -0.1) is 11.3 Å². The fourth-order valence-electron chi connectivity index (χ4n) is 1.87. The van der Waals surface area contributed by atoms with E-state index in [9.17, 15) is 9.59 Å². The Morgan fingerprint density at radius 3 is 2.85 bits per heavy atom. The second-order valence-electron chi connectivity index (χ2n) is 4.06. The number of amides is 1. The Morgan fingerprint density at radius 1 is 1.30 bits per heavy atom. The Bertz CT molecular complexity index is 811. The number of nitrogens with zero attached hydrogens (tertiary/aromatic N) is 2. The molecule has 100 valence electrons. The number of carbonyl (C=O) groups excluding carboxylic acids is 1. The molecule has 0 unspecified atom stereocenters. The van der Waals surface area contributed by atoms with E-state index in [0.29, 0.717) is 17.3 Å². The van der Waals surface area contributed by atoms with Gasteiger partial charge >= 0.3 is 0 Å². The normalized spacial score (nSPS) is 10.6. The molecule has 1 amide bonds. The summed E-state index contributed by atoms with van der Waals surface area (Å²) in [5.74, 6) is -0.340. The lowest BCUT2D eigenvalue weighted by atomic mass is 10.1. The number of aromatic nitrogens is 3. The van der Waals surface area contributed by atoms with Crippen LogP contribution in [0.2, 0.25) is 0 Å². The van der Waals surface area contributed by atoms with Gasteiger partial charge in [-0.2, -0.15) is 5.10 Å². The minimum Gasteiger partial charge on any atom is -0.344 e. The maximum atomic E-state index is 12.1. The topological polar surface area (TPSA) is 87.7 Å². The Hall–Kier alpha value is -2.54. The van der Waals surface area contributed by atoms with Crippen LogP contribution in [0.3, 0.4) is 0 Å². The lowest BCUT2D eigenvalue weighted by Gasteiger charge is -2.05. The first-order valence-electron chi connectivity index (χ1n) is 5.89. The van der Waals surface area contributed by atoms with Crippen molar-refractivity contribution in [2.75, 3.05) is 0 Å². The van der Waals surface area contributed by atoms with Gasteiger partial charge < -0.3 is 5.32 Å². The molecule has 20 heavy (non-hydrogen) atoms. The van der Waals surface area contributed by atoms with Gasteiger partial charge in [-0.25, -0.2) is 10.1 Å². The molecule has 0 spiro atoms. The standard InChI is InChI=1S/C13H10N4O2S/c18-12-9-4-2-1-3-8(9)11(16-17-12)13(19)15-7-10-14-5-6-20-10/h1-6H,7H2,(H,15,19)(H,17,18). The predicted molar refractivity (Wildman–Crippen MR) is 75.6 cm³/mol. The highest BCUT2D eigenvalue weighted by molar-refractivity contribution is 7.09. The van der Waals surface area contributed by atoms with Gasteiger partial charge in [-0.05, 0) is 6.07 Å². The molecule has 2 aromatic heterocycles. The van der Waals surface area contributed by atoms with E-state index in [0.717, 1.165) is 5.01 Å². The molecule has 0 bridgehead atoms. The number of hydrogen-bond donors (Lipinski definition) is 2. The fourth-order valence-corrected chi connectivity index (χ4v) is 2.42. The summed E-state index contributed by atoms with van der Waals surface area (Å²) < 4.78 is 0. The minimum absolute atomic E-state index is 0.205. The molecule has 3 aromatic rings. The zero-order chi connectivity index (χ0) is 13.9. The van der Waals surface area contributed by atoms with E-state index in [1.165, 1.54) is 11.3 Å². The Balaban J connectivity index is 1.92. The average molecular weight is 286 g/mol. The maximum absolute atomic E-state index is 12.1. The van der Waals surface area contributed by atoms with Crippen molar-refractivity contribution < 1.29 is 4.79 Å². The molecule has 0 aliphatic carbocycles. The Morgan fingerprint density at radius 2 is 2.10 bits per heavy atom. The molecule has 7 heteroatoms. The molecule has 0 saturated carbocycles. The molecule has 0 fully saturated rings. The van der Waals surface area contributed by atoms with Crippen molar-refractivity contribution in [3.63, 3.8) is 0 Å². The van der Waals surface area contributed by atoms with Crippen LogP contribution < -0.4 is 10.9 Å². The first-order valence-corrected chi connectivity index (χ1v) is 6.77. The van der Waals surface area contributed by atoms with E-state index < -0.39 is 0 Å². The summed E-state index contributed by atoms with van der Waals surface area (Å²) in [6, 6.07) is 6.87. The molecular formula is C13H10N4O2S. The summed E-state index contributed by atoms with van der Waals surface area (Å²) in [7, 11) is 0. The van der Waals surface area contributed by atoms with Crippen LogP contribution in [-0.2, 0) is 6.54 Å². The van der Waals surface area contributed by atoms with Gasteiger partial charge in [0.25, 0.3) is 11.5 Å². The van der Waals surface area contributed by atoms with Crippen LogP contribution in [0.1, 0.15) is 15.5 Å². The molecule has 0 aliphatic rings. The van der Waals surface area contributed by atoms with Crippen molar-refractivity contribution in [2.24, 2.45) is 0 Å². The summed E-state index contributed by atoms with van der Waals surface area (Å²) in [4.78, 5) is 27.9. The van der Waals surface area contributed by atoms with Crippen LogP contribution in [0.4, 0.5) is 0 Å². The van der Waals surface area contributed by atoms with Gasteiger partial charge in [0, 0.05) is 17.0 Å².